The smallest absolute Gasteiger partial charge is 0.415 e. The number of rotatable bonds is 8. The number of nitrogens with zero attached hydrogens (tertiary/aromatic N) is 3. The van der Waals surface area contributed by atoms with Crippen molar-refractivity contribution in [1.82, 2.24) is 10.3 Å². The molecule has 1 atom stereocenters. The Bertz CT molecular complexity index is 1030. The van der Waals surface area contributed by atoms with E-state index in [-0.39, 0.29) is 37.3 Å². The third-order valence-corrected chi connectivity index (χ3v) is 8.19. The van der Waals surface area contributed by atoms with Crippen LogP contribution in [-0.4, -0.2) is 75.4 Å². The Morgan fingerprint density at radius 1 is 1.22 bits per heavy atom. The Morgan fingerprint density at radius 3 is 2.62 bits per heavy atom. The minimum absolute atomic E-state index is 0.00728. The fourth-order valence-electron chi connectivity index (χ4n) is 4.36. The highest BCUT2D eigenvalue weighted by molar-refractivity contribution is 6.76. The fraction of sp³-hybridized carbons (Fsp3) is 0.680. The number of cyclic esters (lactones) is 1. The van der Waals surface area contributed by atoms with Crippen LogP contribution < -0.4 is 19.9 Å². The van der Waals surface area contributed by atoms with Gasteiger partial charge in [0.25, 0.3) is 5.91 Å². The summed E-state index contributed by atoms with van der Waals surface area (Å²) in [5.74, 6) is 1.08. The second-order valence-corrected chi connectivity index (χ2v) is 17.7. The first-order valence-corrected chi connectivity index (χ1v) is 16.5. The molecule has 0 aromatic carbocycles. The number of fused-ring (bicyclic) bond motifs is 1. The molecule has 0 bridgehead atoms. The quantitative estimate of drug-likeness (QED) is 0.396. The van der Waals surface area contributed by atoms with Crippen molar-refractivity contribution in [3.63, 3.8) is 0 Å². The maximum absolute atomic E-state index is 12.7. The number of pyridine rings is 1. The summed E-state index contributed by atoms with van der Waals surface area (Å²) in [6, 6.07) is 4.38. The number of carbonyl (C=O) groups is 3. The molecule has 1 aromatic heterocycles. The molecule has 1 aliphatic carbocycles. The van der Waals surface area contributed by atoms with Gasteiger partial charge >= 0.3 is 12.2 Å². The number of ether oxygens (including phenoxy) is 4. The molecule has 204 valence electrons. The lowest BCUT2D eigenvalue weighted by Gasteiger charge is -2.38. The Hall–Kier alpha value is -2.86. The van der Waals surface area contributed by atoms with Crippen molar-refractivity contribution in [2.24, 2.45) is 5.92 Å². The van der Waals surface area contributed by atoms with Gasteiger partial charge in [0.15, 0.2) is 18.2 Å². The number of amides is 3. The number of anilines is 2. The predicted octanol–water partition coefficient (Wildman–Crippen LogP) is 3.75. The topological polar surface area (TPSA) is 120 Å². The van der Waals surface area contributed by atoms with Crippen molar-refractivity contribution in [3.05, 3.63) is 12.1 Å². The van der Waals surface area contributed by atoms with E-state index in [1.807, 2.05) is 20.8 Å². The second-order valence-electron chi connectivity index (χ2n) is 12.1. The van der Waals surface area contributed by atoms with Crippen molar-refractivity contribution in [2.75, 3.05) is 36.3 Å². The zero-order valence-electron chi connectivity index (χ0n) is 22.5. The second kappa shape index (κ2) is 10.5. The van der Waals surface area contributed by atoms with E-state index < -0.39 is 25.9 Å². The van der Waals surface area contributed by atoms with E-state index in [0.717, 1.165) is 6.04 Å². The molecule has 3 aliphatic rings. The van der Waals surface area contributed by atoms with Gasteiger partial charge in [-0.05, 0) is 51.8 Å². The van der Waals surface area contributed by atoms with Crippen molar-refractivity contribution in [3.8, 4) is 5.75 Å². The summed E-state index contributed by atoms with van der Waals surface area (Å²) in [5, 5.41) is 2.86. The molecule has 11 nitrogen and oxygen atoms in total. The molecule has 4 rings (SSSR count). The highest BCUT2D eigenvalue weighted by Gasteiger charge is 2.44. The molecule has 37 heavy (non-hydrogen) atoms. The number of carbonyl (C=O) groups excluding carboxylic acids is 3. The Morgan fingerprint density at radius 2 is 1.95 bits per heavy atom. The molecule has 2 aliphatic heterocycles. The summed E-state index contributed by atoms with van der Waals surface area (Å²) in [4.78, 5) is 44.8. The number of hydrogen-bond donors (Lipinski definition) is 1. The van der Waals surface area contributed by atoms with Crippen molar-refractivity contribution in [2.45, 2.75) is 77.0 Å². The maximum atomic E-state index is 12.7. The number of hydrogen-bond acceptors (Lipinski definition) is 8. The van der Waals surface area contributed by atoms with Crippen LogP contribution in [0.4, 0.5) is 21.2 Å². The van der Waals surface area contributed by atoms with Gasteiger partial charge in [0.05, 0.1) is 6.54 Å². The fourth-order valence-corrected chi connectivity index (χ4v) is 5.12. The third-order valence-electron chi connectivity index (χ3n) is 6.48. The van der Waals surface area contributed by atoms with Crippen LogP contribution in [0.3, 0.4) is 0 Å². The predicted molar refractivity (Wildman–Crippen MR) is 140 cm³/mol. The maximum Gasteiger partial charge on any atom is 0.415 e. The average molecular weight is 535 g/mol. The van der Waals surface area contributed by atoms with Crippen molar-refractivity contribution < 1.29 is 33.3 Å². The summed E-state index contributed by atoms with van der Waals surface area (Å²) >= 11 is 0. The first-order valence-electron chi connectivity index (χ1n) is 12.8. The van der Waals surface area contributed by atoms with Gasteiger partial charge in [0.1, 0.15) is 24.3 Å². The molecular weight excluding hydrogens is 496 g/mol. The van der Waals surface area contributed by atoms with Gasteiger partial charge in [0, 0.05) is 26.6 Å². The van der Waals surface area contributed by atoms with Gasteiger partial charge in [-0.3, -0.25) is 14.6 Å². The molecule has 0 spiro atoms. The molecule has 0 radical (unpaired) electrons. The molecule has 3 heterocycles. The third kappa shape index (κ3) is 6.92. The Balaban J connectivity index is 1.35. The molecular formula is C25H38N4O7Si. The van der Waals surface area contributed by atoms with E-state index in [0.29, 0.717) is 43.4 Å². The lowest BCUT2D eigenvalue weighted by molar-refractivity contribution is -0.122. The summed E-state index contributed by atoms with van der Waals surface area (Å²) < 4.78 is 22.3. The Labute approximate surface area is 218 Å². The standard InChI is InChI=1S/C25H38N4O7Si/c1-25(2,3)36-23(31)26-17-11-16(12-17)19-13-28(24(32)35-19)20-8-7-18-22(27-20)29(21(30)14-34-18)15-33-9-10-37(4,5)6/h7-8,16-17,19H,9-15H2,1-6H3,(H,26,31)/t16-,17-,19?. The molecule has 1 saturated carbocycles. The van der Waals surface area contributed by atoms with Crippen LogP contribution in [0.2, 0.25) is 25.7 Å². The minimum Gasteiger partial charge on any atom is -0.480 e. The minimum atomic E-state index is -1.26. The normalized spacial score (nSPS) is 23.7. The van der Waals surface area contributed by atoms with E-state index in [2.05, 4.69) is 29.9 Å². The van der Waals surface area contributed by atoms with Crippen molar-refractivity contribution >= 4 is 37.8 Å². The highest BCUT2D eigenvalue weighted by atomic mass is 28.3. The number of aromatic nitrogens is 1. The molecule has 1 aromatic rings. The van der Waals surface area contributed by atoms with Gasteiger partial charge in [0.2, 0.25) is 0 Å². The molecule has 12 heteroatoms. The van der Waals surface area contributed by atoms with Crippen LogP contribution in [0.5, 0.6) is 5.75 Å². The van der Waals surface area contributed by atoms with E-state index in [9.17, 15) is 14.4 Å². The van der Waals surface area contributed by atoms with Crippen LogP contribution in [0.15, 0.2) is 12.1 Å². The molecule has 3 amide bonds. The van der Waals surface area contributed by atoms with Crippen LogP contribution in [0, 0.1) is 5.92 Å². The lowest BCUT2D eigenvalue weighted by Crippen LogP contribution is -2.49. The van der Waals surface area contributed by atoms with Crippen molar-refractivity contribution in [1.29, 1.82) is 0 Å². The Kier molecular flexibility index (Phi) is 7.70. The summed E-state index contributed by atoms with van der Waals surface area (Å²) in [6.45, 7) is 13.2. The van der Waals surface area contributed by atoms with Gasteiger partial charge in [-0.1, -0.05) is 19.6 Å². The molecule has 1 unspecified atom stereocenters. The monoisotopic (exact) mass is 534 g/mol. The molecule has 2 fully saturated rings. The average Bonchev–Trinajstić information content (AvgIpc) is 3.13. The zero-order chi connectivity index (χ0) is 27.0. The van der Waals surface area contributed by atoms with Crippen LogP contribution in [0.1, 0.15) is 33.6 Å². The number of alkyl carbamates (subject to hydrolysis) is 1. The van der Waals surface area contributed by atoms with E-state index in [4.69, 9.17) is 18.9 Å². The van der Waals surface area contributed by atoms with Crippen LogP contribution in [-0.2, 0) is 19.0 Å². The van der Waals surface area contributed by atoms with Gasteiger partial charge in [-0.15, -0.1) is 0 Å². The SMILES string of the molecule is CC(C)(C)OC(=O)N[C@H]1C[C@H](C2CN(c3ccc4c(n3)N(COCC[Si](C)(C)C)C(=O)CO4)C(=O)O2)C1. The van der Waals surface area contributed by atoms with Crippen LogP contribution >= 0.6 is 0 Å². The van der Waals surface area contributed by atoms with E-state index in [1.165, 1.54) is 9.80 Å². The molecule has 1 saturated heterocycles. The first-order chi connectivity index (χ1) is 17.3. The van der Waals surface area contributed by atoms with E-state index in [1.54, 1.807) is 12.1 Å². The van der Waals surface area contributed by atoms with Gasteiger partial charge in [-0.2, -0.15) is 0 Å². The summed E-state index contributed by atoms with van der Waals surface area (Å²) in [6.07, 6.45) is 0.175. The highest BCUT2D eigenvalue weighted by Crippen LogP contribution is 2.38. The first kappa shape index (κ1) is 27.2. The summed E-state index contributed by atoms with van der Waals surface area (Å²) in [5.41, 5.74) is -0.554. The van der Waals surface area contributed by atoms with Crippen LogP contribution in [0.25, 0.3) is 0 Å². The lowest BCUT2D eigenvalue weighted by atomic mass is 9.76. The van der Waals surface area contributed by atoms with Gasteiger partial charge < -0.3 is 24.3 Å². The largest absolute Gasteiger partial charge is 0.480 e. The zero-order valence-corrected chi connectivity index (χ0v) is 23.5. The van der Waals surface area contributed by atoms with Gasteiger partial charge in [-0.25, -0.2) is 14.6 Å². The molecule has 1 N–H and O–H groups in total. The van der Waals surface area contributed by atoms with E-state index >= 15 is 0 Å². The summed E-state index contributed by atoms with van der Waals surface area (Å²) in [7, 11) is -1.26. The number of nitrogens with one attached hydrogen (secondary N) is 1.